The van der Waals surface area contributed by atoms with Crippen molar-refractivity contribution in [3.05, 3.63) is 54.3 Å². The van der Waals surface area contributed by atoms with Crippen LogP contribution in [0.25, 0.3) is 22.4 Å². The molecule has 9 nitrogen and oxygen atoms in total. The van der Waals surface area contributed by atoms with E-state index < -0.39 is 15.7 Å². The number of ether oxygens (including phenoxy) is 1. The molecule has 0 spiro atoms. The van der Waals surface area contributed by atoms with Crippen LogP contribution in [0.3, 0.4) is 0 Å². The van der Waals surface area contributed by atoms with E-state index in [-0.39, 0.29) is 22.6 Å². The Bertz CT molecular complexity index is 1340. The van der Waals surface area contributed by atoms with Gasteiger partial charge in [0.2, 0.25) is 5.89 Å². The summed E-state index contributed by atoms with van der Waals surface area (Å²) in [5, 5.41) is 10.8. The van der Waals surface area contributed by atoms with Crippen LogP contribution in [0.15, 0.2) is 62.3 Å². The Hall–Kier alpha value is -3.66. The Morgan fingerprint density at radius 2 is 1.90 bits per heavy atom. The third-order valence-corrected chi connectivity index (χ3v) is 5.30. The highest BCUT2D eigenvalue weighted by atomic mass is 32.2. The van der Waals surface area contributed by atoms with Crippen molar-refractivity contribution < 1.29 is 26.8 Å². The molecule has 2 heterocycles. The van der Waals surface area contributed by atoms with Crippen LogP contribution in [0.2, 0.25) is 0 Å². The van der Waals surface area contributed by atoms with Gasteiger partial charge in [-0.1, -0.05) is 23.3 Å². The van der Waals surface area contributed by atoms with Gasteiger partial charge in [0.15, 0.2) is 26.9 Å². The van der Waals surface area contributed by atoms with Crippen molar-refractivity contribution in [2.75, 3.05) is 18.2 Å². The summed E-state index contributed by atoms with van der Waals surface area (Å²) in [6, 6.07) is 12.9. The zero-order valence-corrected chi connectivity index (χ0v) is 16.9. The van der Waals surface area contributed by atoms with Gasteiger partial charge in [-0.05, 0) is 37.3 Å². The summed E-state index contributed by atoms with van der Waals surface area (Å²) in [5.41, 5.74) is 0.879. The molecule has 0 aliphatic rings. The molecule has 2 aromatic carbocycles. The molecule has 0 unspecified atom stereocenters. The van der Waals surface area contributed by atoms with Gasteiger partial charge in [-0.3, -0.25) is 10.1 Å². The second-order valence-electron chi connectivity index (χ2n) is 6.38. The predicted molar refractivity (Wildman–Crippen MR) is 108 cm³/mol. The van der Waals surface area contributed by atoms with Crippen molar-refractivity contribution in [1.29, 1.82) is 0 Å². The van der Waals surface area contributed by atoms with E-state index in [1.807, 2.05) is 6.92 Å². The number of aromatic nitrogens is 2. The summed E-state index contributed by atoms with van der Waals surface area (Å²) in [6.07, 6.45) is 1.11. The number of fused-ring (bicyclic) bond motifs is 1. The molecule has 10 heteroatoms. The first-order valence-corrected chi connectivity index (χ1v) is 10.8. The van der Waals surface area contributed by atoms with Crippen LogP contribution in [-0.4, -0.2) is 37.4 Å². The highest BCUT2D eigenvalue weighted by Gasteiger charge is 2.18. The summed E-state index contributed by atoms with van der Waals surface area (Å²) < 4.78 is 40.0. The van der Waals surface area contributed by atoms with Crippen LogP contribution >= 0.6 is 0 Å². The summed E-state index contributed by atoms with van der Waals surface area (Å²) in [6.45, 7) is 2.32. The summed E-state index contributed by atoms with van der Waals surface area (Å²) in [7, 11) is -3.38. The Morgan fingerprint density at radius 1 is 1.10 bits per heavy atom. The van der Waals surface area contributed by atoms with E-state index in [9.17, 15) is 13.2 Å². The van der Waals surface area contributed by atoms with E-state index >= 15 is 0 Å². The average Bonchev–Trinajstić information content (AvgIpc) is 3.35. The highest BCUT2D eigenvalue weighted by molar-refractivity contribution is 7.90. The predicted octanol–water partition coefficient (Wildman–Crippen LogP) is 3.54. The van der Waals surface area contributed by atoms with E-state index in [2.05, 4.69) is 15.5 Å². The molecule has 0 fully saturated rings. The van der Waals surface area contributed by atoms with Gasteiger partial charge in [0.25, 0.3) is 5.91 Å². The topological polar surface area (TPSA) is 125 Å². The number of nitrogens with zero attached hydrogens (tertiary/aromatic N) is 2. The number of amides is 1. The lowest BCUT2D eigenvalue weighted by Crippen LogP contribution is -2.11. The number of nitrogens with one attached hydrogen (secondary N) is 1. The minimum Gasteiger partial charge on any atom is -0.490 e. The molecule has 0 atom stereocenters. The fraction of sp³-hybridized carbons (Fsp3) is 0.150. The molecule has 0 aliphatic carbocycles. The van der Waals surface area contributed by atoms with E-state index in [0.29, 0.717) is 23.5 Å². The van der Waals surface area contributed by atoms with Crippen LogP contribution in [-0.2, 0) is 9.84 Å². The molecule has 0 saturated carbocycles. The number of carbonyl (C=O) groups is 1. The minimum atomic E-state index is -3.38. The number of hydrogen-bond acceptors (Lipinski definition) is 8. The average molecular weight is 427 g/mol. The molecular formula is C20H17N3O6S. The fourth-order valence-corrected chi connectivity index (χ4v) is 3.49. The van der Waals surface area contributed by atoms with Gasteiger partial charge in [0.1, 0.15) is 0 Å². The second kappa shape index (κ2) is 7.64. The third-order valence-electron chi connectivity index (χ3n) is 4.19. The summed E-state index contributed by atoms with van der Waals surface area (Å²) in [5.74, 6) is 0.0867. The summed E-state index contributed by atoms with van der Waals surface area (Å²) in [4.78, 5) is 12.7. The smallest absolute Gasteiger partial charge is 0.322 e. The molecule has 30 heavy (non-hydrogen) atoms. The lowest BCUT2D eigenvalue weighted by molar-refractivity contribution is 0.0995. The number of sulfone groups is 1. The Morgan fingerprint density at radius 3 is 2.67 bits per heavy atom. The fourth-order valence-electron chi connectivity index (χ4n) is 2.83. The van der Waals surface area contributed by atoms with Gasteiger partial charge in [-0.2, -0.15) is 0 Å². The molecule has 1 amide bonds. The van der Waals surface area contributed by atoms with E-state index in [1.54, 1.807) is 36.4 Å². The number of benzene rings is 2. The minimum absolute atomic E-state index is 0.0518. The van der Waals surface area contributed by atoms with Crippen molar-refractivity contribution in [1.82, 2.24) is 10.2 Å². The molecule has 0 radical (unpaired) electrons. The van der Waals surface area contributed by atoms with E-state index in [0.717, 1.165) is 11.6 Å². The van der Waals surface area contributed by atoms with Gasteiger partial charge < -0.3 is 13.6 Å². The molecule has 2 aromatic heterocycles. The molecule has 0 saturated heterocycles. The maximum absolute atomic E-state index is 12.5. The first-order chi connectivity index (χ1) is 14.3. The number of hydrogen-bond donors (Lipinski definition) is 1. The quantitative estimate of drug-likeness (QED) is 0.495. The summed E-state index contributed by atoms with van der Waals surface area (Å²) >= 11 is 0. The van der Waals surface area contributed by atoms with Crippen molar-refractivity contribution in [2.45, 2.75) is 11.8 Å². The van der Waals surface area contributed by atoms with Crippen molar-refractivity contribution in [3.63, 3.8) is 0 Å². The van der Waals surface area contributed by atoms with E-state index in [1.165, 1.54) is 12.1 Å². The van der Waals surface area contributed by atoms with E-state index in [4.69, 9.17) is 13.6 Å². The monoisotopic (exact) mass is 427 g/mol. The SMILES string of the molecule is CCOc1cccc2cc(C(=O)Nc3nnc(-c4cccc(S(C)(=O)=O)c4)o3)oc12. The normalized spacial score (nSPS) is 11.5. The van der Waals surface area contributed by atoms with Crippen molar-refractivity contribution in [3.8, 4) is 17.2 Å². The molecule has 4 rings (SSSR count). The number of para-hydroxylation sites is 1. The lowest BCUT2D eigenvalue weighted by Gasteiger charge is -2.02. The first-order valence-electron chi connectivity index (χ1n) is 8.96. The molecule has 1 N–H and O–H groups in total. The standard InChI is InChI=1S/C20H17N3O6S/c1-3-27-15-9-5-6-12-11-16(28-17(12)15)18(24)21-20-23-22-19(29-20)13-7-4-8-14(10-13)30(2,25)26/h4-11H,3H2,1-2H3,(H,21,23,24). The second-order valence-corrected chi connectivity index (χ2v) is 8.40. The van der Waals surface area contributed by atoms with Gasteiger partial charge >= 0.3 is 6.01 Å². The third kappa shape index (κ3) is 3.90. The lowest BCUT2D eigenvalue weighted by atomic mass is 10.2. The van der Waals surface area contributed by atoms with Crippen molar-refractivity contribution in [2.24, 2.45) is 0 Å². The molecule has 154 valence electrons. The maximum atomic E-state index is 12.5. The zero-order chi connectivity index (χ0) is 21.3. The number of furan rings is 1. The van der Waals surface area contributed by atoms with Gasteiger partial charge in [0, 0.05) is 17.2 Å². The molecule has 0 aliphatic heterocycles. The maximum Gasteiger partial charge on any atom is 0.322 e. The highest BCUT2D eigenvalue weighted by Crippen LogP contribution is 2.29. The Labute approximate surface area is 171 Å². The number of anilines is 1. The van der Waals surface area contributed by atoms with Crippen LogP contribution in [0.1, 0.15) is 17.5 Å². The number of rotatable bonds is 6. The molecular weight excluding hydrogens is 410 g/mol. The van der Waals surface area contributed by atoms with Crippen LogP contribution in [0, 0.1) is 0 Å². The number of carbonyl (C=O) groups excluding carboxylic acids is 1. The van der Waals surface area contributed by atoms with Crippen LogP contribution < -0.4 is 10.1 Å². The molecule has 4 aromatic rings. The van der Waals surface area contributed by atoms with Crippen LogP contribution in [0.5, 0.6) is 5.75 Å². The van der Waals surface area contributed by atoms with Gasteiger partial charge in [-0.25, -0.2) is 8.42 Å². The molecule has 0 bridgehead atoms. The van der Waals surface area contributed by atoms with Crippen LogP contribution in [0.4, 0.5) is 6.01 Å². The van der Waals surface area contributed by atoms with Gasteiger partial charge in [-0.15, -0.1) is 5.10 Å². The largest absolute Gasteiger partial charge is 0.490 e. The zero-order valence-electron chi connectivity index (χ0n) is 16.1. The Balaban J connectivity index is 1.56. The van der Waals surface area contributed by atoms with Crippen molar-refractivity contribution >= 4 is 32.7 Å². The Kier molecular flexibility index (Phi) is 5.00. The first kappa shape index (κ1) is 19.6. The van der Waals surface area contributed by atoms with Gasteiger partial charge in [0.05, 0.1) is 11.5 Å².